The van der Waals surface area contributed by atoms with E-state index in [9.17, 15) is 14.0 Å². The molecule has 1 aliphatic carbocycles. The summed E-state index contributed by atoms with van der Waals surface area (Å²) in [5, 5.41) is 3.73. The number of ether oxygens (including phenoxy) is 1. The molecule has 0 bridgehead atoms. The number of nitrogens with zero attached hydrogens (tertiary/aromatic N) is 3. The fourth-order valence-corrected chi connectivity index (χ4v) is 5.21. The molecule has 1 aromatic carbocycles. The summed E-state index contributed by atoms with van der Waals surface area (Å²) < 4.78 is 18.2. The molecule has 168 valence electrons. The van der Waals surface area contributed by atoms with Gasteiger partial charge < -0.3 is 19.9 Å². The van der Waals surface area contributed by atoms with Gasteiger partial charge in [-0.1, -0.05) is 0 Å². The fourth-order valence-electron chi connectivity index (χ4n) is 4.88. The number of fused-ring (bicyclic) bond motifs is 1. The number of methoxy groups -OCH3 is 1. The number of halogens is 1. The average molecular weight is 449 g/mol. The molecule has 2 amide bonds. The van der Waals surface area contributed by atoms with E-state index in [0.29, 0.717) is 44.2 Å². The molecule has 9 heteroatoms. The van der Waals surface area contributed by atoms with Gasteiger partial charge in [-0.05, 0) is 55.7 Å². The first-order chi connectivity index (χ1) is 15.0. The van der Waals surface area contributed by atoms with Crippen LogP contribution in [-0.2, 0) is 14.3 Å². The van der Waals surface area contributed by atoms with E-state index in [0.717, 1.165) is 25.2 Å². The van der Waals surface area contributed by atoms with Gasteiger partial charge in [-0.2, -0.15) is 0 Å². The summed E-state index contributed by atoms with van der Waals surface area (Å²) in [4.78, 5) is 31.7. The summed E-state index contributed by atoms with van der Waals surface area (Å²) >= 11 is 5.40. The highest BCUT2D eigenvalue weighted by molar-refractivity contribution is 7.80. The van der Waals surface area contributed by atoms with Crippen LogP contribution in [0.5, 0.6) is 0 Å². The number of nitrogens with one attached hydrogen (secondary N) is 1. The Morgan fingerprint density at radius 2 is 1.90 bits per heavy atom. The smallest absolute Gasteiger partial charge is 0.233 e. The largest absolute Gasteiger partial charge is 0.383 e. The highest BCUT2D eigenvalue weighted by Gasteiger charge is 2.44. The minimum absolute atomic E-state index is 0.0459. The van der Waals surface area contributed by atoms with Crippen LogP contribution >= 0.6 is 12.2 Å². The molecule has 4 rings (SSSR count). The summed E-state index contributed by atoms with van der Waals surface area (Å²) in [6.45, 7) is 3.64. The second kappa shape index (κ2) is 9.48. The zero-order valence-electron chi connectivity index (χ0n) is 17.8. The van der Waals surface area contributed by atoms with Crippen LogP contribution < -0.4 is 10.2 Å². The standard InChI is InChI=1S/C22H29FN4O3S/c1-30-13-12-27-21(29)18-7-2-15(14-19(18)24-22(27)31)20(28)26-10-8-25(9-11-26)17-5-3-16(23)4-6-17/h3-6,15,18-19H,2,7-14H2,1H3,(H,24,31). The molecule has 2 saturated heterocycles. The summed E-state index contributed by atoms with van der Waals surface area (Å²) in [5.41, 5.74) is 0.977. The molecule has 1 N–H and O–H groups in total. The fraction of sp³-hybridized carbons (Fsp3) is 0.591. The van der Waals surface area contributed by atoms with Crippen LogP contribution in [0.1, 0.15) is 19.3 Å². The number of thiocarbonyl (C=S) groups is 1. The maximum absolute atomic E-state index is 13.2. The van der Waals surface area contributed by atoms with Crippen LogP contribution in [0.2, 0.25) is 0 Å². The predicted octanol–water partition coefficient (Wildman–Crippen LogP) is 1.62. The van der Waals surface area contributed by atoms with Gasteiger partial charge in [-0.25, -0.2) is 4.39 Å². The maximum atomic E-state index is 13.2. The number of piperazine rings is 1. The van der Waals surface area contributed by atoms with Crippen LogP contribution in [0.25, 0.3) is 0 Å². The number of hydrogen-bond donors (Lipinski definition) is 1. The van der Waals surface area contributed by atoms with E-state index in [1.165, 1.54) is 12.1 Å². The lowest BCUT2D eigenvalue weighted by Gasteiger charge is -2.44. The summed E-state index contributed by atoms with van der Waals surface area (Å²) in [5.74, 6) is -0.261. The maximum Gasteiger partial charge on any atom is 0.233 e. The van der Waals surface area contributed by atoms with E-state index in [-0.39, 0.29) is 35.5 Å². The Bertz CT molecular complexity index is 829. The Morgan fingerprint density at radius 3 is 2.58 bits per heavy atom. The van der Waals surface area contributed by atoms with E-state index in [2.05, 4.69) is 10.2 Å². The summed E-state index contributed by atoms with van der Waals surface area (Å²) in [6.07, 6.45) is 2.04. The first kappa shape index (κ1) is 22.0. The van der Waals surface area contributed by atoms with Gasteiger partial charge in [0.15, 0.2) is 5.11 Å². The molecule has 3 unspecified atom stereocenters. The summed E-state index contributed by atoms with van der Waals surface area (Å²) in [6, 6.07) is 6.40. The highest BCUT2D eigenvalue weighted by atomic mass is 32.1. The molecule has 31 heavy (non-hydrogen) atoms. The Hall–Kier alpha value is -2.26. The zero-order valence-corrected chi connectivity index (χ0v) is 18.6. The van der Waals surface area contributed by atoms with Gasteiger partial charge in [0.25, 0.3) is 0 Å². The van der Waals surface area contributed by atoms with Gasteiger partial charge in [-0.3, -0.25) is 14.5 Å². The van der Waals surface area contributed by atoms with Gasteiger partial charge in [-0.15, -0.1) is 0 Å². The molecular weight excluding hydrogens is 419 g/mol. The minimum Gasteiger partial charge on any atom is -0.383 e. The molecule has 2 aliphatic heterocycles. The van der Waals surface area contributed by atoms with Crippen molar-refractivity contribution in [1.29, 1.82) is 0 Å². The van der Waals surface area contributed by atoms with Crippen LogP contribution in [0, 0.1) is 17.7 Å². The van der Waals surface area contributed by atoms with Crippen molar-refractivity contribution >= 4 is 34.8 Å². The first-order valence-electron chi connectivity index (χ1n) is 10.9. The lowest BCUT2D eigenvalue weighted by Crippen LogP contribution is -2.62. The summed E-state index contributed by atoms with van der Waals surface area (Å²) in [7, 11) is 1.60. The minimum atomic E-state index is -0.246. The van der Waals surface area contributed by atoms with Crippen molar-refractivity contribution in [3.05, 3.63) is 30.1 Å². The number of benzene rings is 1. The molecular formula is C22H29FN4O3S. The van der Waals surface area contributed by atoms with Crippen LogP contribution in [0.3, 0.4) is 0 Å². The number of hydrogen-bond acceptors (Lipinski definition) is 5. The molecule has 3 fully saturated rings. The van der Waals surface area contributed by atoms with E-state index in [4.69, 9.17) is 17.0 Å². The normalized spacial score (nSPS) is 26.5. The Morgan fingerprint density at radius 1 is 1.19 bits per heavy atom. The van der Waals surface area contributed by atoms with Crippen molar-refractivity contribution in [2.75, 3.05) is 51.3 Å². The first-order valence-corrected chi connectivity index (χ1v) is 11.3. The number of anilines is 1. The van der Waals surface area contributed by atoms with Crippen molar-refractivity contribution in [3.8, 4) is 0 Å². The lowest BCUT2D eigenvalue weighted by molar-refractivity contribution is -0.142. The van der Waals surface area contributed by atoms with Crippen molar-refractivity contribution in [3.63, 3.8) is 0 Å². The van der Waals surface area contributed by atoms with E-state index in [1.807, 2.05) is 4.90 Å². The molecule has 7 nitrogen and oxygen atoms in total. The lowest BCUT2D eigenvalue weighted by atomic mass is 9.76. The Kier molecular flexibility index (Phi) is 6.71. The van der Waals surface area contributed by atoms with Gasteiger partial charge in [0.2, 0.25) is 11.8 Å². The molecule has 2 heterocycles. The number of amides is 2. The van der Waals surface area contributed by atoms with Crippen molar-refractivity contribution in [2.45, 2.75) is 25.3 Å². The Labute approximate surface area is 187 Å². The zero-order chi connectivity index (χ0) is 22.0. The SMILES string of the molecule is COCCN1C(=O)C2CCC(C(=O)N3CCN(c4ccc(F)cc4)CC3)CC2NC1=S. The second-order valence-electron chi connectivity index (χ2n) is 8.44. The molecule has 0 spiro atoms. The molecule has 0 aromatic heterocycles. The van der Waals surface area contributed by atoms with Crippen LogP contribution in [-0.4, -0.2) is 79.2 Å². The van der Waals surface area contributed by atoms with Crippen molar-refractivity contribution < 1.29 is 18.7 Å². The van der Waals surface area contributed by atoms with E-state index < -0.39 is 0 Å². The predicted molar refractivity (Wildman–Crippen MR) is 119 cm³/mol. The molecule has 1 saturated carbocycles. The average Bonchev–Trinajstić information content (AvgIpc) is 2.79. The van der Waals surface area contributed by atoms with Gasteiger partial charge in [0.1, 0.15) is 5.82 Å². The van der Waals surface area contributed by atoms with E-state index >= 15 is 0 Å². The molecule has 3 aliphatic rings. The van der Waals surface area contributed by atoms with Crippen molar-refractivity contribution in [1.82, 2.24) is 15.1 Å². The number of rotatable bonds is 5. The highest BCUT2D eigenvalue weighted by Crippen LogP contribution is 2.34. The van der Waals surface area contributed by atoms with Crippen molar-refractivity contribution in [2.24, 2.45) is 11.8 Å². The third-order valence-corrected chi connectivity index (χ3v) is 6.98. The monoisotopic (exact) mass is 448 g/mol. The van der Waals surface area contributed by atoms with E-state index in [1.54, 1.807) is 24.1 Å². The van der Waals surface area contributed by atoms with Crippen LogP contribution in [0.4, 0.5) is 10.1 Å². The third kappa shape index (κ3) is 4.67. The molecule has 1 aromatic rings. The number of carbonyl (C=O) groups excluding carboxylic acids is 2. The van der Waals surface area contributed by atoms with Gasteiger partial charge in [0.05, 0.1) is 19.1 Å². The third-order valence-electron chi connectivity index (χ3n) is 6.64. The van der Waals surface area contributed by atoms with Crippen LogP contribution in [0.15, 0.2) is 24.3 Å². The quantitative estimate of drug-likeness (QED) is 0.691. The number of carbonyl (C=O) groups is 2. The molecule has 0 radical (unpaired) electrons. The Balaban J connectivity index is 1.31. The molecule has 3 atom stereocenters. The van der Waals surface area contributed by atoms with Gasteiger partial charge >= 0.3 is 0 Å². The van der Waals surface area contributed by atoms with Gasteiger partial charge in [0, 0.05) is 50.9 Å². The topological polar surface area (TPSA) is 65.1 Å². The second-order valence-corrected chi connectivity index (χ2v) is 8.83.